The lowest BCUT2D eigenvalue weighted by atomic mass is 10.2. The Morgan fingerprint density at radius 2 is 2.50 bits per heavy atom. The Labute approximate surface area is 83.5 Å². The molecule has 1 aliphatic rings. The van der Waals surface area contributed by atoms with Crippen LogP contribution in [0.15, 0.2) is 18.5 Å². The van der Waals surface area contributed by atoms with Crippen LogP contribution in [0.25, 0.3) is 0 Å². The highest BCUT2D eigenvalue weighted by Crippen LogP contribution is 2.06. The number of aromatic nitrogens is 1. The number of aliphatic hydroxyl groups is 1. The molecule has 1 aromatic rings. The average Bonchev–Trinajstić information content (AvgIpc) is 2.72. The molecule has 2 atom stereocenters. The second-order valence-electron chi connectivity index (χ2n) is 3.78. The van der Waals surface area contributed by atoms with Crippen molar-refractivity contribution in [2.24, 2.45) is 7.05 Å². The summed E-state index contributed by atoms with van der Waals surface area (Å²) in [6.45, 7) is 1.84. The Bertz CT molecular complexity index is 298. The Kier molecular flexibility index (Phi) is 2.86. The lowest BCUT2D eigenvalue weighted by Gasteiger charge is -2.13. The molecule has 2 unspecified atom stereocenters. The van der Waals surface area contributed by atoms with E-state index in [1.807, 2.05) is 17.8 Å². The molecule has 1 saturated heterocycles. The molecule has 2 heterocycles. The van der Waals surface area contributed by atoms with Gasteiger partial charge in [-0.25, -0.2) is 0 Å². The molecule has 14 heavy (non-hydrogen) atoms. The molecule has 2 N–H and O–H groups in total. The van der Waals surface area contributed by atoms with E-state index in [0.29, 0.717) is 13.2 Å². The first-order chi connectivity index (χ1) is 6.75. The monoisotopic (exact) mass is 196 g/mol. The van der Waals surface area contributed by atoms with Crippen molar-refractivity contribution in [2.75, 3.05) is 13.2 Å². The van der Waals surface area contributed by atoms with E-state index >= 15 is 0 Å². The summed E-state index contributed by atoms with van der Waals surface area (Å²) in [5.74, 6) is 0. The van der Waals surface area contributed by atoms with E-state index in [-0.39, 0.29) is 12.1 Å². The molecule has 1 aliphatic heterocycles. The van der Waals surface area contributed by atoms with Crippen LogP contribution in [-0.2, 0) is 18.3 Å². The Morgan fingerprint density at radius 1 is 1.64 bits per heavy atom. The lowest BCUT2D eigenvalue weighted by molar-refractivity contribution is 0.122. The summed E-state index contributed by atoms with van der Waals surface area (Å²) in [4.78, 5) is 0. The zero-order valence-electron chi connectivity index (χ0n) is 8.31. The highest BCUT2D eigenvalue weighted by molar-refractivity contribution is 5.09. The van der Waals surface area contributed by atoms with Crippen LogP contribution in [0.4, 0.5) is 0 Å². The summed E-state index contributed by atoms with van der Waals surface area (Å²) in [5.41, 5.74) is 1.23. The van der Waals surface area contributed by atoms with Crippen molar-refractivity contribution in [1.82, 2.24) is 9.88 Å². The van der Waals surface area contributed by atoms with E-state index in [1.54, 1.807) is 0 Å². The first kappa shape index (κ1) is 9.71. The molecule has 0 bridgehead atoms. The molecule has 0 amide bonds. The number of aryl methyl sites for hydroxylation is 1. The van der Waals surface area contributed by atoms with Gasteiger partial charge in [-0.05, 0) is 11.6 Å². The van der Waals surface area contributed by atoms with Gasteiger partial charge in [-0.2, -0.15) is 0 Å². The van der Waals surface area contributed by atoms with Crippen molar-refractivity contribution in [1.29, 1.82) is 0 Å². The van der Waals surface area contributed by atoms with E-state index in [1.165, 1.54) is 5.56 Å². The lowest BCUT2D eigenvalue weighted by Crippen LogP contribution is -2.38. The fraction of sp³-hybridized carbons (Fsp3) is 0.600. The van der Waals surface area contributed by atoms with Crippen LogP contribution in [0.1, 0.15) is 5.56 Å². The second-order valence-corrected chi connectivity index (χ2v) is 3.78. The van der Waals surface area contributed by atoms with Gasteiger partial charge in [0.25, 0.3) is 0 Å². The number of ether oxygens (including phenoxy) is 1. The number of hydrogen-bond acceptors (Lipinski definition) is 3. The molecular weight excluding hydrogens is 180 g/mol. The third kappa shape index (κ3) is 2.15. The average molecular weight is 196 g/mol. The van der Waals surface area contributed by atoms with Gasteiger partial charge in [-0.15, -0.1) is 0 Å². The van der Waals surface area contributed by atoms with Gasteiger partial charge in [0, 0.05) is 26.0 Å². The van der Waals surface area contributed by atoms with Crippen molar-refractivity contribution < 1.29 is 9.84 Å². The molecule has 78 valence electrons. The zero-order chi connectivity index (χ0) is 9.97. The minimum atomic E-state index is -0.362. The van der Waals surface area contributed by atoms with Gasteiger partial charge in [-0.1, -0.05) is 0 Å². The minimum Gasteiger partial charge on any atom is -0.389 e. The molecule has 0 spiro atoms. The molecule has 1 fully saturated rings. The largest absolute Gasteiger partial charge is 0.389 e. The summed E-state index contributed by atoms with van der Waals surface area (Å²) in [6.07, 6.45) is 3.71. The fourth-order valence-electron chi connectivity index (χ4n) is 1.65. The number of hydrogen-bond donors (Lipinski definition) is 2. The standard InChI is InChI=1S/C10H16N2O2/c1-12-3-2-8(5-12)4-11-9-6-14-7-10(9)13/h2-3,5,9-11,13H,4,6-7H2,1H3. The fourth-order valence-corrected chi connectivity index (χ4v) is 1.65. The minimum absolute atomic E-state index is 0.0789. The summed E-state index contributed by atoms with van der Waals surface area (Å²) in [7, 11) is 2.00. The highest BCUT2D eigenvalue weighted by Gasteiger charge is 2.25. The maximum Gasteiger partial charge on any atom is 0.0948 e. The smallest absolute Gasteiger partial charge is 0.0948 e. The third-order valence-electron chi connectivity index (χ3n) is 2.51. The zero-order valence-corrected chi connectivity index (χ0v) is 8.31. The first-order valence-corrected chi connectivity index (χ1v) is 4.86. The molecule has 0 aromatic carbocycles. The third-order valence-corrected chi connectivity index (χ3v) is 2.51. The molecule has 4 heteroatoms. The quantitative estimate of drug-likeness (QED) is 0.708. The topological polar surface area (TPSA) is 46.4 Å². The number of aliphatic hydroxyl groups excluding tert-OH is 1. The van der Waals surface area contributed by atoms with Gasteiger partial charge in [0.2, 0.25) is 0 Å². The van der Waals surface area contributed by atoms with Gasteiger partial charge in [-0.3, -0.25) is 0 Å². The van der Waals surface area contributed by atoms with Gasteiger partial charge >= 0.3 is 0 Å². The summed E-state index contributed by atoms with van der Waals surface area (Å²) < 4.78 is 7.16. The van der Waals surface area contributed by atoms with E-state index in [9.17, 15) is 5.11 Å². The molecule has 1 aromatic heterocycles. The highest BCUT2D eigenvalue weighted by atomic mass is 16.5. The molecule has 2 rings (SSSR count). The first-order valence-electron chi connectivity index (χ1n) is 4.86. The second kappa shape index (κ2) is 4.13. The molecule has 0 aliphatic carbocycles. The Balaban J connectivity index is 1.82. The number of nitrogens with one attached hydrogen (secondary N) is 1. The Hall–Kier alpha value is -0.840. The van der Waals surface area contributed by atoms with Crippen LogP contribution in [0.3, 0.4) is 0 Å². The van der Waals surface area contributed by atoms with E-state index < -0.39 is 0 Å². The van der Waals surface area contributed by atoms with Crippen LogP contribution in [-0.4, -0.2) is 35.0 Å². The molecule has 0 radical (unpaired) electrons. The summed E-state index contributed by atoms with van der Waals surface area (Å²) in [6, 6.07) is 2.14. The van der Waals surface area contributed by atoms with Gasteiger partial charge < -0.3 is 19.7 Å². The van der Waals surface area contributed by atoms with Crippen LogP contribution in [0.2, 0.25) is 0 Å². The normalized spacial score (nSPS) is 27.0. The predicted molar refractivity (Wildman–Crippen MR) is 52.9 cm³/mol. The maximum absolute atomic E-state index is 9.48. The predicted octanol–water partition coefficient (Wildman–Crippen LogP) is -0.126. The van der Waals surface area contributed by atoms with Crippen molar-refractivity contribution in [3.8, 4) is 0 Å². The van der Waals surface area contributed by atoms with Crippen LogP contribution in [0.5, 0.6) is 0 Å². The molecule has 4 nitrogen and oxygen atoms in total. The van der Waals surface area contributed by atoms with Crippen molar-refractivity contribution in [2.45, 2.75) is 18.7 Å². The maximum atomic E-state index is 9.48. The molecule has 0 saturated carbocycles. The van der Waals surface area contributed by atoms with Crippen LogP contribution in [0, 0.1) is 0 Å². The summed E-state index contributed by atoms with van der Waals surface area (Å²) >= 11 is 0. The van der Waals surface area contributed by atoms with Crippen molar-refractivity contribution in [3.63, 3.8) is 0 Å². The molecular formula is C10H16N2O2. The van der Waals surface area contributed by atoms with Crippen LogP contribution < -0.4 is 5.32 Å². The Morgan fingerprint density at radius 3 is 3.07 bits per heavy atom. The number of nitrogens with zero attached hydrogens (tertiary/aromatic N) is 1. The number of rotatable bonds is 3. The van der Waals surface area contributed by atoms with Gasteiger partial charge in [0.15, 0.2) is 0 Å². The van der Waals surface area contributed by atoms with Gasteiger partial charge in [0.05, 0.1) is 25.4 Å². The van der Waals surface area contributed by atoms with E-state index in [4.69, 9.17) is 4.74 Å². The van der Waals surface area contributed by atoms with Crippen LogP contribution >= 0.6 is 0 Å². The van der Waals surface area contributed by atoms with Gasteiger partial charge in [0.1, 0.15) is 0 Å². The van der Waals surface area contributed by atoms with Crippen molar-refractivity contribution in [3.05, 3.63) is 24.0 Å². The summed E-state index contributed by atoms with van der Waals surface area (Å²) in [5, 5.41) is 12.8. The van der Waals surface area contributed by atoms with Crippen molar-refractivity contribution >= 4 is 0 Å². The van der Waals surface area contributed by atoms with E-state index in [2.05, 4.69) is 17.6 Å². The SMILES string of the molecule is Cn1ccc(CNC2COCC2O)c1. The van der Waals surface area contributed by atoms with E-state index in [0.717, 1.165) is 6.54 Å².